The third kappa shape index (κ3) is 5.07. The summed E-state index contributed by atoms with van der Waals surface area (Å²) in [7, 11) is 0. The van der Waals surface area contributed by atoms with Crippen molar-refractivity contribution in [3.8, 4) is 5.75 Å². The van der Waals surface area contributed by atoms with Gasteiger partial charge in [-0.2, -0.15) is 0 Å². The molecular formula is C7H12CaO5. The third-order valence-corrected chi connectivity index (χ3v) is 1.13. The van der Waals surface area contributed by atoms with Crippen LogP contribution in [0, 0.1) is 0 Å². The number of benzene rings is 1. The maximum atomic E-state index is 10.3. The molecule has 0 saturated heterocycles. The number of rotatable bonds is 1. The Labute approximate surface area is 108 Å². The molecule has 0 saturated carbocycles. The zero-order valence-corrected chi connectivity index (χ0v) is 9.03. The van der Waals surface area contributed by atoms with Gasteiger partial charge in [0.15, 0.2) is 0 Å². The number of carboxylic acid groups (broad SMARTS) is 1. The van der Waals surface area contributed by atoms with Crippen molar-refractivity contribution in [3.63, 3.8) is 0 Å². The third-order valence-electron chi connectivity index (χ3n) is 1.13. The van der Waals surface area contributed by atoms with Crippen LogP contribution in [0.4, 0.5) is 0 Å². The number of carboxylic acids is 1. The monoisotopic (exact) mass is 216 g/mol. The summed E-state index contributed by atoms with van der Waals surface area (Å²) in [5.74, 6) is -1.31. The topological polar surface area (TPSA) is 121 Å². The first-order chi connectivity index (χ1) is 4.72. The van der Waals surface area contributed by atoms with Gasteiger partial charge < -0.3 is 24.0 Å². The average Bonchev–Trinajstić information content (AvgIpc) is 1.88. The van der Waals surface area contributed by atoms with Gasteiger partial charge in [0.1, 0.15) is 11.3 Å². The van der Waals surface area contributed by atoms with Crippen LogP contribution >= 0.6 is 0 Å². The second-order valence-electron chi connectivity index (χ2n) is 1.82. The Morgan fingerprint density at radius 3 is 2.00 bits per heavy atom. The number of aromatic hydroxyl groups is 1. The molecule has 0 heterocycles. The molecule has 0 unspecified atom stereocenters. The molecule has 5 nitrogen and oxygen atoms in total. The van der Waals surface area contributed by atoms with Crippen LogP contribution in [-0.4, -0.2) is 64.9 Å². The molecule has 0 atom stereocenters. The van der Waals surface area contributed by atoms with E-state index in [9.17, 15) is 4.79 Å². The van der Waals surface area contributed by atoms with E-state index in [1.165, 1.54) is 12.1 Å². The maximum absolute atomic E-state index is 10.3. The average molecular weight is 216 g/mol. The summed E-state index contributed by atoms with van der Waals surface area (Å²) in [5, 5.41) is 17.3. The van der Waals surface area contributed by atoms with Crippen LogP contribution in [0.5, 0.6) is 5.75 Å². The van der Waals surface area contributed by atoms with Gasteiger partial charge in [0.25, 0.3) is 0 Å². The van der Waals surface area contributed by atoms with Gasteiger partial charge >= 0.3 is 43.7 Å². The summed E-state index contributed by atoms with van der Waals surface area (Å²) in [6.45, 7) is 0. The summed E-state index contributed by atoms with van der Waals surface area (Å²) in [6.07, 6.45) is 0. The molecule has 0 aliphatic heterocycles. The molecule has 6 heteroatoms. The fourth-order valence-corrected chi connectivity index (χ4v) is 0.654. The second-order valence-corrected chi connectivity index (χ2v) is 1.82. The quantitative estimate of drug-likeness (QED) is 0.603. The van der Waals surface area contributed by atoms with Crippen molar-refractivity contribution >= 4 is 43.7 Å². The normalized spacial score (nSPS) is 7.08. The molecule has 1 aromatic carbocycles. The molecule has 0 aromatic heterocycles. The minimum atomic E-state index is -1.11. The van der Waals surface area contributed by atoms with Crippen LogP contribution in [0.15, 0.2) is 24.3 Å². The summed E-state index contributed by atoms with van der Waals surface area (Å²) in [4.78, 5) is 10.3. The molecule has 0 aliphatic carbocycles. The van der Waals surface area contributed by atoms with Gasteiger partial charge in [0.2, 0.25) is 0 Å². The van der Waals surface area contributed by atoms with Gasteiger partial charge in [-0.25, -0.2) is 4.79 Å². The van der Waals surface area contributed by atoms with Crippen molar-refractivity contribution < 1.29 is 28.8 Å². The molecule has 72 valence electrons. The summed E-state index contributed by atoms with van der Waals surface area (Å²) in [5.41, 5.74) is -0.0671. The van der Waals surface area contributed by atoms with Crippen molar-refractivity contribution in [2.45, 2.75) is 0 Å². The number of hydrogen-bond acceptors (Lipinski definition) is 2. The van der Waals surface area contributed by atoms with E-state index in [0.717, 1.165) is 0 Å². The fourth-order valence-electron chi connectivity index (χ4n) is 0.654. The standard InChI is InChI=1S/C7H6O3.Ca.2H2O.2H/c8-6-4-2-1-3-5(6)7(9)10;;;;;/h1-4,8H,(H,9,10);;2*1H2;;/q;+2;;;2*-1. The fraction of sp³-hybridized carbons (Fsp3) is 0. The molecular weight excluding hydrogens is 204 g/mol. The Morgan fingerprint density at radius 2 is 1.69 bits per heavy atom. The van der Waals surface area contributed by atoms with E-state index >= 15 is 0 Å². The SMILES string of the molecule is O.O.O=C(O)c1ccccc1O.[Ca+2].[H-].[H-]. The Hall–Kier alpha value is -0.330. The summed E-state index contributed by atoms with van der Waals surface area (Å²) < 4.78 is 0. The Balaban J connectivity index is -0.0000000667. The molecule has 0 fully saturated rings. The largest absolute Gasteiger partial charge is 2.00 e. The summed E-state index contributed by atoms with van der Waals surface area (Å²) in [6, 6.07) is 5.81. The van der Waals surface area contributed by atoms with Gasteiger partial charge in [-0.05, 0) is 12.1 Å². The minimum absolute atomic E-state index is 0. The smallest absolute Gasteiger partial charge is 1.00 e. The number of aromatic carboxylic acids is 1. The van der Waals surface area contributed by atoms with Gasteiger partial charge in [0, 0.05) is 0 Å². The molecule has 0 bridgehead atoms. The molecule has 0 spiro atoms. The van der Waals surface area contributed by atoms with Crippen molar-refractivity contribution in [1.29, 1.82) is 0 Å². The predicted molar refractivity (Wildman–Crippen MR) is 50.3 cm³/mol. The van der Waals surface area contributed by atoms with Crippen LogP contribution in [0.2, 0.25) is 0 Å². The van der Waals surface area contributed by atoms with Crippen molar-refractivity contribution in [2.24, 2.45) is 0 Å². The Bertz CT molecular complexity index is 271. The Morgan fingerprint density at radius 1 is 1.23 bits per heavy atom. The number of hydrogen-bond donors (Lipinski definition) is 2. The van der Waals surface area contributed by atoms with Crippen LogP contribution in [-0.2, 0) is 0 Å². The molecule has 6 N–H and O–H groups in total. The van der Waals surface area contributed by atoms with E-state index in [4.69, 9.17) is 10.2 Å². The van der Waals surface area contributed by atoms with Crippen molar-refractivity contribution in [1.82, 2.24) is 0 Å². The summed E-state index contributed by atoms with van der Waals surface area (Å²) >= 11 is 0. The van der Waals surface area contributed by atoms with E-state index in [1.807, 2.05) is 0 Å². The molecule has 1 rings (SSSR count). The van der Waals surface area contributed by atoms with Gasteiger partial charge in [-0.3, -0.25) is 0 Å². The number of carbonyl (C=O) groups is 1. The maximum Gasteiger partial charge on any atom is 2.00 e. The molecule has 1 aromatic rings. The van der Waals surface area contributed by atoms with Crippen LogP contribution < -0.4 is 0 Å². The first kappa shape index (κ1) is 18.5. The van der Waals surface area contributed by atoms with E-state index in [2.05, 4.69) is 0 Å². The minimum Gasteiger partial charge on any atom is -1.00 e. The molecule has 0 radical (unpaired) electrons. The zero-order valence-electron chi connectivity index (χ0n) is 8.82. The second kappa shape index (κ2) is 8.28. The predicted octanol–water partition coefficient (Wildman–Crippen LogP) is -0.715. The van der Waals surface area contributed by atoms with E-state index < -0.39 is 5.97 Å². The van der Waals surface area contributed by atoms with Gasteiger partial charge in [-0.15, -0.1) is 0 Å². The van der Waals surface area contributed by atoms with Gasteiger partial charge in [-0.1, -0.05) is 12.1 Å². The van der Waals surface area contributed by atoms with Crippen LogP contribution in [0.3, 0.4) is 0 Å². The van der Waals surface area contributed by atoms with E-state index in [-0.39, 0.29) is 62.9 Å². The number of para-hydroxylation sites is 1. The zero-order chi connectivity index (χ0) is 7.56. The van der Waals surface area contributed by atoms with E-state index in [1.54, 1.807) is 12.1 Å². The van der Waals surface area contributed by atoms with Gasteiger partial charge in [0.05, 0.1) is 0 Å². The van der Waals surface area contributed by atoms with Crippen LogP contribution in [0.25, 0.3) is 0 Å². The van der Waals surface area contributed by atoms with Crippen molar-refractivity contribution in [3.05, 3.63) is 29.8 Å². The Kier molecular flexibility index (Phi) is 11.7. The first-order valence-corrected chi connectivity index (χ1v) is 2.73. The molecule has 0 amide bonds. The van der Waals surface area contributed by atoms with Crippen molar-refractivity contribution in [2.75, 3.05) is 0 Å². The molecule has 0 aliphatic rings. The molecule has 13 heavy (non-hydrogen) atoms. The van der Waals surface area contributed by atoms with Crippen LogP contribution in [0.1, 0.15) is 13.2 Å². The number of phenols is 1. The first-order valence-electron chi connectivity index (χ1n) is 2.73. The van der Waals surface area contributed by atoms with E-state index in [0.29, 0.717) is 0 Å².